The summed E-state index contributed by atoms with van der Waals surface area (Å²) in [6.45, 7) is 0. The maximum atomic E-state index is 11.8. The summed E-state index contributed by atoms with van der Waals surface area (Å²) in [6, 6.07) is 0.416. The predicted molar refractivity (Wildman–Crippen MR) is 69.6 cm³/mol. The second-order valence-corrected chi connectivity index (χ2v) is 5.81. The van der Waals surface area contributed by atoms with E-state index in [1.54, 1.807) is 0 Å². The van der Waals surface area contributed by atoms with Gasteiger partial charge in [0, 0.05) is 18.5 Å². The molecule has 0 radical (unpaired) electrons. The monoisotopic (exact) mass is 238 g/mol. The topological polar surface area (TPSA) is 55.1 Å². The van der Waals surface area contributed by atoms with Crippen molar-refractivity contribution in [1.82, 2.24) is 5.32 Å². The van der Waals surface area contributed by atoms with Gasteiger partial charge in [0.1, 0.15) is 0 Å². The van der Waals surface area contributed by atoms with Crippen molar-refractivity contribution < 1.29 is 4.79 Å². The van der Waals surface area contributed by atoms with E-state index in [2.05, 4.69) is 5.32 Å². The van der Waals surface area contributed by atoms with Crippen LogP contribution in [0.1, 0.15) is 64.2 Å². The van der Waals surface area contributed by atoms with Crippen molar-refractivity contribution >= 4 is 5.91 Å². The summed E-state index contributed by atoms with van der Waals surface area (Å²) in [5, 5.41) is 3.13. The Hall–Kier alpha value is -0.570. The highest BCUT2D eigenvalue weighted by Crippen LogP contribution is 2.28. The normalized spacial score (nSPS) is 30.4. The van der Waals surface area contributed by atoms with Gasteiger partial charge < -0.3 is 11.1 Å². The molecule has 3 N–H and O–H groups in total. The van der Waals surface area contributed by atoms with E-state index in [0.717, 1.165) is 25.2 Å². The maximum Gasteiger partial charge on any atom is 0.220 e. The zero-order chi connectivity index (χ0) is 12.1. The first-order valence-corrected chi connectivity index (χ1v) is 7.30. The van der Waals surface area contributed by atoms with Crippen LogP contribution in [0.2, 0.25) is 0 Å². The van der Waals surface area contributed by atoms with Crippen LogP contribution in [-0.2, 0) is 4.79 Å². The molecular weight excluding hydrogens is 212 g/mol. The van der Waals surface area contributed by atoms with Crippen LogP contribution >= 0.6 is 0 Å². The Kier molecular flexibility index (Phi) is 4.84. The Morgan fingerprint density at radius 1 is 1.06 bits per heavy atom. The summed E-state index contributed by atoms with van der Waals surface area (Å²) in [7, 11) is 0. The van der Waals surface area contributed by atoms with Crippen molar-refractivity contribution in [2.24, 2.45) is 11.7 Å². The third-order valence-electron chi connectivity index (χ3n) is 4.42. The van der Waals surface area contributed by atoms with E-state index in [-0.39, 0.29) is 18.0 Å². The molecule has 2 aliphatic carbocycles. The molecule has 0 aromatic heterocycles. The van der Waals surface area contributed by atoms with Crippen LogP contribution in [-0.4, -0.2) is 18.0 Å². The Morgan fingerprint density at radius 2 is 1.71 bits per heavy atom. The van der Waals surface area contributed by atoms with Gasteiger partial charge in [-0.15, -0.1) is 0 Å². The van der Waals surface area contributed by atoms with E-state index in [9.17, 15) is 4.79 Å². The van der Waals surface area contributed by atoms with Crippen LogP contribution in [0.5, 0.6) is 0 Å². The number of nitrogens with two attached hydrogens (primary N) is 1. The van der Waals surface area contributed by atoms with Crippen molar-refractivity contribution in [2.45, 2.75) is 76.3 Å². The minimum atomic E-state index is 0.180. The zero-order valence-electron chi connectivity index (χ0n) is 10.8. The highest BCUT2D eigenvalue weighted by Gasteiger charge is 2.23. The Balaban J connectivity index is 1.65. The number of carbonyl (C=O) groups is 1. The Bertz CT molecular complexity index is 249. The van der Waals surface area contributed by atoms with Crippen molar-refractivity contribution in [3.05, 3.63) is 0 Å². The molecule has 0 heterocycles. The number of nitrogens with one attached hydrogen (secondary N) is 1. The van der Waals surface area contributed by atoms with Gasteiger partial charge in [-0.05, 0) is 25.2 Å². The van der Waals surface area contributed by atoms with Crippen molar-refractivity contribution in [2.75, 3.05) is 0 Å². The molecule has 0 bridgehead atoms. The molecule has 2 fully saturated rings. The van der Waals surface area contributed by atoms with Gasteiger partial charge >= 0.3 is 0 Å². The fourth-order valence-electron chi connectivity index (χ4n) is 3.25. The van der Waals surface area contributed by atoms with Crippen LogP contribution in [0.3, 0.4) is 0 Å². The molecule has 0 saturated heterocycles. The highest BCUT2D eigenvalue weighted by atomic mass is 16.1. The number of hydrogen-bond donors (Lipinski definition) is 2. The van der Waals surface area contributed by atoms with Gasteiger partial charge in [0.05, 0.1) is 0 Å². The summed E-state index contributed by atoms with van der Waals surface area (Å²) in [5.41, 5.74) is 6.03. The Labute approximate surface area is 105 Å². The van der Waals surface area contributed by atoms with E-state index in [1.165, 1.54) is 38.5 Å². The zero-order valence-corrected chi connectivity index (χ0v) is 10.8. The first kappa shape index (κ1) is 12.9. The van der Waals surface area contributed by atoms with E-state index in [0.29, 0.717) is 6.42 Å². The molecule has 2 unspecified atom stereocenters. The van der Waals surface area contributed by atoms with Crippen molar-refractivity contribution in [3.8, 4) is 0 Å². The molecule has 2 rings (SSSR count). The van der Waals surface area contributed by atoms with E-state index < -0.39 is 0 Å². The van der Waals surface area contributed by atoms with Gasteiger partial charge in [-0.3, -0.25) is 4.79 Å². The van der Waals surface area contributed by atoms with Gasteiger partial charge in [-0.1, -0.05) is 38.5 Å². The third-order valence-corrected chi connectivity index (χ3v) is 4.42. The number of amides is 1. The lowest BCUT2D eigenvalue weighted by molar-refractivity contribution is -0.122. The smallest absolute Gasteiger partial charge is 0.220 e. The summed E-state index contributed by atoms with van der Waals surface area (Å²) in [5.74, 6) is 1.03. The van der Waals surface area contributed by atoms with Gasteiger partial charge in [-0.25, -0.2) is 0 Å². The molecule has 0 aromatic carbocycles. The van der Waals surface area contributed by atoms with Gasteiger partial charge in [0.25, 0.3) is 0 Å². The summed E-state index contributed by atoms with van der Waals surface area (Å²) in [6.07, 6.45) is 11.7. The lowest BCUT2D eigenvalue weighted by atomic mass is 9.91. The molecule has 3 heteroatoms. The minimum absolute atomic E-state index is 0.180. The standard InChI is InChI=1S/C14H26N2O/c15-12-7-3-4-8-13(12)16-14(17)10-9-11-5-1-2-6-11/h11-13H,1-10,15H2,(H,16,17). The fourth-order valence-corrected chi connectivity index (χ4v) is 3.25. The molecule has 1 amide bonds. The van der Waals surface area contributed by atoms with Crippen LogP contribution in [0.15, 0.2) is 0 Å². The molecule has 98 valence electrons. The maximum absolute atomic E-state index is 11.8. The second kappa shape index (κ2) is 6.39. The molecule has 2 atom stereocenters. The molecule has 17 heavy (non-hydrogen) atoms. The van der Waals surface area contributed by atoms with Gasteiger partial charge in [0.15, 0.2) is 0 Å². The van der Waals surface area contributed by atoms with E-state index in [4.69, 9.17) is 5.73 Å². The quantitative estimate of drug-likeness (QED) is 0.790. The summed E-state index contributed by atoms with van der Waals surface area (Å²) < 4.78 is 0. The lowest BCUT2D eigenvalue weighted by Crippen LogP contribution is -2.49. The summed E-state index contributed by atoms with van der Waals surface area (Å²) >= 11 is 0. The average Bonchev–Trinajstić information content (AvgIpc) is 2.82. The first-order chi connectivity index (χ1) is 8.25. The molecule has 0 aliphatic heterocycles. The number of rotatable bonds is 4. The largest absolute Gasteiger partial charge is 0.352 e. The molecular formula is C14H26N2O. The van der Waals surface area contributed by atoms with Crippen molar-refractivity contribution in [1.29, 1.82) is 0 Å². The Morgan fingerprint density at radius 3 is 2.41 bits per heavy atom. The molecule has 2 aliphatic rings. The summed E-state index contributed by atoms with van der Waals surface area (Å²) in [4.78, 5) is 11.8. The third kappa shape index (κ3) is 3.98. The molecule has 0 aromatic rings. The van der Waals surface area contributed by atoms with E-state index >= 15 is 0 Å². The predicted octanol–water partition coefficient (Wildman–Crippen LogP) is 2.34. The molecule has 0 spiro atoms. The SMILES string of the molecule is NC1CCCCC1NC(=O)CCC1CCCC1. The first-order valence-electron chi connectivity index (χ1n) is 7.30. The average molecular weight is 238 g/mol. The van der Waals surface area contributed by atoms with Crippen LogP contribution < -0.4 is 11.1 Å². The minimum Gasteiger partial charge on any atom is -0.352 e. The van der Waals surface area contributed by atoms with E-state index in [1.807, 2.05) is 0 Å². The van der Waals surface area contributed by atoms with Gasteiger partial charge in [0.2, 0.25) is 5.91 Å². The van der Waals surface area contributed by atoms with Crippen LogP contribution in [0.25, 0.3) is 0 Å². The molecule has 2 saturated carbocycles. The second-order valence-electron chi connectivity index (χ2n) is 5.81. The van der Waals surface area contributed by atoms with Crippen molar-refractivity contribution in [3.63, 3.8) is 0 Å². The molecule has 3 nitrogen and oxygen atoms in total. The van der Waals surface area contributed by atoms with Crippen LogP contribution in [0, 0.1) is 5.92 Å². The highest BCUT2D eigenvalue weighted by molar-refractivity contribution is 5.76. The number of hydrogen-bond acceptors (Lipinski definition) is 2. The van der Waals surface area contributed by atoms with Crippen LogP contribution in [0.4, 0.5) is 0 Å². The number of carbonyl (C=O) groups excluding carboxylic acids is 1. The van der Waals surface area contributed by atoms with Gasteiger partial charge in [-0.2, -0.15) is 0 Å². The fraction of sp³-hybridized carbons (Fsp3) is 0.929. The lowest BCUT2D eigenvalue weighted by Gasteiger charge is -2.29.